The first-order valence-corrected chi connectivity index (χ1v) is 7.76. The van der Waals surface area contributed by atoms with Crippen LogP contribution >= 0.6 is 11.8 Å². The summed E-state index contributed by atoms with van der Waals surface area (Å²) in [6.07, 6.45) is 1.65. The summed E-state index contributed by atoms with van der Waals surface area (Å²) in [5.74, 6) is -1.04. The van der Waals surface area contributed by atoms with Crippen molar-refractivity contribution in [1.82, 2.24) is 4.90 Å². The van der Waals surface area contributed by atoms with Crippen LogP contribution in [0.25, 0.3) is 6.08 Å². The van der Waals surface area contributed by atoms with Crippen LogP contribution in [0, 0.1) is 6.92 Å². The molecule has 1 fully saturated rings. The molecule has 1 atom stereocenters. The Hall–Kier alpha value is -2.08. The number of nitrogens with zero attached hydrogens (tertiary/aromatic N) is 1. The highest BCUT2D eigenvalue weighted by Gasteiger charge is 2.41. The van der Waals surface area contributed by atoms with Crippen molar-refractivity contribution < 1.29 is 19.1 Å². The van der Waals surface area contributed by atoms with E-state index in [9.17, 15) is 14.4 Å². The number of hydrogen-bond acceptors (Lipinski definition) is 5. The maximum atomic E-state index is 12.3. The average molecular weight is 319 g/mol. The summed E-state index contributed by atoms with van der Waals surface area (Å²) in [7, 11) is 0. The first-order valence-electron chi connectivity index (χ1n) is 6.94. The van der Waals surface area contributed by atoms with Gasteiger partial charge in [-0.15, -0.1) is 0 Å². The molecule has 116 valence electrons. The number of carbonyl (C=O) groups excluding carboxylic acids is 3. The third-order valence-corrected chi connectivity index (χ3v) is 4.10. The summed E-state index contributed by atoms with van der Waals surface area (Å²) in [4.78, 5) is 37.3. The Balaban J connectivity index is 2.21. The minimum Gasteiger partial charge on any atom is -0.464 e. The van der Waals surface area contributed by atoms with Crippen LogP contribution < -0.4 is 0 Å². The van der Waals surface area contributed by atoms with E-state index in [1.807, 2.05) is 31.2 Å². The Morgan fingerprint density at radius 1 is 1.32 bits per heavy atom. The van der Waals surface area contributed by atoms with E-state index >= 15 is 0 Å². The smallest absolute Gasteiger partial charge is 0.329 e. The predicted molar refractivity (Wildman–Crippen MR) is 85.1 cm³/mol. The lowest BCUT2D eigenvalue weighted by Gasteiger charge is -2.19. The number of carbonyl (C=O) groups is 3. The SMILES string of the molecule is CCOC(=O)C(C)N1C(=O)SC(=Cc2ccc(C)cc2)C1=O. The number of imide groups is 1. The second-order valence-corrected chi connectivity index (χ2v) is 5.88. The highest BCUT2D eigenvalue weighted by Crippen LogP contribution is 2.33. The van der Waals surface area contributed by atoms with Crippen molar-refractivity contribution in [3.8, 4) is 0 Å². The number of benzene rings is 1. The van der Waals surface area contributed by atoms with Crippen molar-refractivity contribution in [3.05, 3.63) is 40.3 Å². The number of thioether (sulfide) groups is 1. The average Bonchev–Trinajstić information content (AvgIpc) is 2.75. The van der Waals surface area contributed by atoms with Gasteiger partial charge >= 0.3 is 5.97 Å². The van der Waals surface area contributed by atoms with E-state index in [1.165, 1.54) is 6.92 Å². The summed E-state index contributed by atoms with van der Waals surface area (Å²) < 4.78 is 4.87. The van der Waals surface area contributed by atoms with Gasteiger partial charge in [-0.2, -0.15) is 0 Å². The van der Waals surface area contributed by atoms with E-state index < -0.39 is 23.2 Å². The van der Waals surface area contributed by atoms with Crippen molar-refractivity contribution in [2.45, 2.75) is 26.8 Å². The standard InChI is InChI=1S/C16H17NO4S/c1-4-21-15(19)11(3)17-14(18)13(22-16(17)20)9-12-7-5-10(2)6-8-12/h5-9,11H,4H2,1-3H3. The second kappa shape index (κ2) is 6.79. The van der Waals surface area contributed by atoms with Gasteiger partial charge < -0.3 is 4.74 Å². The molecule has 2 rings (SSSR count). The summed E-state index contributed by atoms with van der Waals surface area (Å²) in [6.45, 7) is 5.34. The van der Waals surface area contributed by atoms with Crippen molar-refractivity contribution in [2.24, 2.45) is 0 Å². The molecule has 0 saturated carbocycles. The molecule has 1 aliphatic rings. The van der Waals surface area contributed by atoms with E-state index in [-0.39, 0.29) is 6.61 Å². The molecule has 1 heterocycles. The molecule has 0 aromatic heterocycles. The van der Waals surface area contributed by atoms with Gasteiger partial charge in [0.25, 0.3) is 11.1 Å². The van der Waals surface area contributed by atoms with Gasteiger partial charge in [-0.05, 0) is 44.2 Å². The zero-order chi connectivity index (χ0) is 16.3. The second-order valence-electron chi connectivity index (χ2n) is 4.89. The molecule has 1 aromatic carbocycles. The molecule has 0 aliphatic carbocycles. The molecular formula is C16H17NO4S. The Morgan fingerprint density at radius 2 is 1.95 bits per heavy atom. The van der Waals surface area contributed by atoms with Gasteiger partial charge in [0.2, 0.25) is 0 Å². The lowest BCUT2D eigenvalue weighted by atomic mass is 10.1. The van der Waals surface area contributed by atoms with Gasteiger partial charge in [0.15, 0.2) is 0 Å². The van der Waals surface area contributed by atoms with Gasteiger partial charge in [-0.25, -0.2) is 4.79 Å². The fourth-order valence-corrected chi connectivity index (χ4v) is 2.90. The van der Waals surface area contributed by atoms with Crippen LogP contribution in [0.2, 0.25) is 0 Å². The molecule has 0 spiro atoms. The topological polar surface area (TPSA) is 63.7 Å². The summed E-state index contributed by atoms with van der Waals surface area (Å²) >= 11 is 0.835. The lowest BCUT2D eigenvalue weighted by Crippen LogP contribution is -2.42. The Bertz CT molecular complexity index is 636. The largest absolute Gasteiger partial charge is 0.464 e. The van der Waals surface area contributed by atoms with Crippen LogP contribution in [0.15, 0.2) is 29.2 Å². The predicted octanol–water partition coefficient (Wildman–Crippen LogP) is 2.98. The number of hydrogen-bond donors (Lipinski definition) is 0. The molecule has 1 aromatic rings. The minimum atomic E-state index is -0.920. The Morgan fingerprint density at radius 3 is 2.55 bits per heavy atom. The maximum Gasteiger partial charge on any atom is 0.329 e. The highest BCUT2D eigenvalue weighted by atomic mass is 32.2. The molecule has 2 amide bonds. The van der Waals surface area contributed by atoms with Gasteiger partial charge in [-0.3, -0.25) is 14.5 Å². The van der Waals surface area contributed by atoms with Gasteiger partial charge in [0.1, 0.15) is 6.04 Å². The molecule has 22 heavy (non-hydrogen) atoms. The molecule has 0 bridgehead atoms. The van der Waals surface area contributed by atoms with E-state index in [0.717, 1.165) is 27.8 Å². The molecular weight excluding hydrogens is 302 g/mol. The lowest BCUT2D eigenvalue weighted by molar-refractivity contribution is -0.150. The van der Waals surface area contributed by atoms with Crippen molar-refractivity contribution in [3.63, 3.8) is 0 Å². The van der Waals surface area contributed by atoms with Crippen LogP contribution in [-0.4, -0.2) is 34.7 Å². The number of esters is 1. The third kappa shape index (κ3) is 3.39. The zero-order valence-corrected chi connectivity index (χ0v) is 13.5. The van der Waals surface area contributed by atoms with Crippen molar-refractivity contribution >= 4 is 35.0 Å². The van der Waals surface area contributed by atoms with Gasteiger partial charge in [0.05, 0.1) is 11.5 Å². The van der Waals surface area contributed by atoms with E-state index in [1.54, 1.807) is 13.0 Å². The molecule has 6 heteroatoms. The summed E-state index contributed by atoms with van der Waals surface area (Å²) in [5, 5.41) is -0.455. The number of amides is 2. The number of rotatable bonds is 4. The van der Waals surface area contributed by atoms with E-state index in [0.29, 0.717) is 4.91 Å². The first kappa shape index (κ1) is 16.3. The quantitative estimate of drug-likeness (QED) is 0.630. The normalized spacial score (nSPS) is 18.0. The monoisotopic (exact) mass is 319 g/mol. The van der Waals surface area contributed by atoms with Crippen LogP contribution in [0.5, 0.6) is 0 Å². The van der Waals surface area contributed by atoms with Crippen LogP contribution in [0.3, 0.4) is 0 Å². The molecule has 1 saturated heterocycles. The fourth-order valence-electron chi connectivity index (χ4n) is 2.00. The van der Waals surface area contributed by atoms with Gasteiger partial charge in [-0.1, -0.05) is 29.8 Å². The molecule has 1 unspecified atom stereocenters. The first-order chi connectivity index (χ1) is 10.4. The van der Waals surface area contributed by atoms with Crippen LogP contribution in [-0.2, 0) is 14.3 Å². The van der Waals surface area contributed by atoms with Crippen LogP contribution in [0.4, 0.5) is 4.79 Å². The van der Waals surface area contributed by atoms with Gasteiger partial charge in [0, 0.05) is 0 Å². The third-order valence-electron chi connectivity index (χ3n) is 3.21. The minimum absolute atomic E-state index is 0.207. The Kier molecular flexibility index (Phi) is 5.03. The fraction of sp³-hybridized carbons (Fsp3) is 0.312. The maximum absolute atomic E-state index is 12.3. The van der Waals surface area contributed by atoms with E-state index in [4.69, 9.17) is 4.74 Å². The van der Waals surface area contributed by atoms with Crippen molar-refractivity contribution in [2.75, 3.05) is 6.61 Å². The molecule has 0 radical (unpaired) electrons. The molecule has 0 N–H and O–H groups in total. The zero-order valence-electron chi connectivity index (χ0n) is 12.7. The van der Waals surface area contributed by atoms with Crippen molar-refractivity contribution in [1.29, 1.82) is 0 Å². The number of aryl methyl sites for hydroxylation is 1. The summed E-state index contributed by atoms with van der Waals surface area (Å²) in [6, 6.07) is 6.68. The molecule has 1 aliphatic heterocycles. The summed E-state index contributed by atoms with van der Waals surface area (Å²) in [5.41, 5.74) is 1.95. The Labute approximate surface area is 133 Å². The van der Waals surface area contributed by atoms with E-state index in [2.05, 4.69) is 0 Å². The highest BCUT2D eigenvalue weighted by molar-refractivity contribution is 8.18. The number of ether oxygens (including phenoxy) is 1. The molecule has 5 nitrogen and oxygen atoms in total. The van der Waals surface area contributed by atoms with Crippen LogP contribution in [0.1, 0.15) is 25.0 Å².